The highest BCUT2D eigenvalue weighted by atomic mass is 35.5. The van der Waals surface area contributed by atoms with Gasteiger partial charge in [-0.3, -0.25) is 0 Å². The third-order valence-electron chi connectivity index (χ3n) is 2.07. The van der Waals surface area contributed by atoms with Gasteiger partial charge < -0.3 is 5.73 Å². The number of anilines is 1. The molecule has 0 saturated heterocycles. The Morgan fingerprint density at radius 3 is 2.35 bits per heavy atom. The van der Waals surface area contributed by atoms with Gasteiger partial charge in [-0.2, -0.15) is 0 Å². The first kappa shape index (κ1) is 12.2. The topological polar surface area (TPSA) is 26.0 Å². The third kappa shape index (κ3) is 2.90. The Hall–Kier alpha value is -1.26. The molecule has 0 heterocycles. The maximum absolute atomic E-state index is 13.4. The standard InChI is InChI=1S/C12H8ClF2NS/c13-9-6-8(16)2-4-11(9)17-12-3-1-7(14)5-10(12)15/h1-6H,16H2. The fourth-order valence-corrected chi connectivity index (χ4v) is 2.40. The van der Waals surface area contributed by atoms with Crippen molar-refractivity contribution in [3.63, 3.8) is 0 Å². The normalized spacial score (nSPS) is 10.5. The van der Waals surface area contributed by atoms with Crippen molar-refractivity contribution >= 4 is 29.1 Å². The molecule has 0 amide bonds. The highest BCUT2D eigenvalue weighted by molar-refractivity contribution is 7.99. The van der Waals surface area contributed by atoms with Crippen LogP contribution in [0.5, 0.6) is 0 Å². The Kier molecular flexibility index (Phi) is 3.54. The van der Waals surface area contributed by atoms with E-state index < -0.39 is 11.6 Å². The smallest absolute Gasteiger partial charge is 0.140 e. The van der Waals surface area contributed by atoms with Gasteiger partial charge in [0.05, 0.1) is 5.02 Å². The van der Waals surface area contributed by atoms with Crippen LogP contribution < -0.4 is 5.73 Å². The Bertz CT molecular complexity index is 511. The summed E-state index contributed by atoms with van der Waals surface area (Å²) in [6.45, 7) is 0. The summed E-state index contributed by atoms with van der Waals surface area (Å²) in [5, 5.41) is 0.443. The zero-order chi connectivity index (χ0) is 12.4. The predicted octanol–water partition coefficient (Wildman–Crippen LogP) is 4.35. The minimum Gasteiger partial charge on any atom is -0.399 e. The summed E-state index contributed by atoms with van der Waals surface area (Å²) in [4.78, 5) is 0.990. The molecule has 2 aromatic rings. The summed E-state index contributed by atoms with van der Waals surface area (Å²) >= 11 is 7.09. The van der Waals surface area contributed by atoms with Gasteiger partial charge in [-0.05, 0) is 30.3 Å². The van der Waals surface area contributed by atoms with Crippen LogP contribution in [0.3, 0.4) is 0 Å². The van der Waals surface area contributed by atoms with Crippen LogP contribution in [0.4, 0.5) is 14.5 Å². The van der Waals surface area contributed by atoms with Crippen LogP contribution in [0.15, 0.2) is 46.2 Å². The first-order valence-corrected chi connectivity index (χ1v) is 5.93. The summed E-state index contributed by atoms with van der Waals surface area (Å²) in [6, 6.07) is 8.39. The highest BCUT2D eigenvalue weighted by Crippen LogP contribution is 2.35. The Labute approximate surface area is 107 Å². The van der Waals surface area contributed by atoms with Gasteiger partial charge in [0, 0.05) is 21.5 Å². The molecule has 0 aliphatic rings. The molecular weight excluding hydrogens is 264 g/mol. The lowest BCUT2D eigenvalue weighted by atomic mass is 10.3. The van der Waals surface area contributed by atoms with E-state index in [0.717, 1.165) is 17.8 Å². The summed E-state index contributed by atoms with van der Waals surface area (Å²) < 4.78 is 26.1. The average molecular weight is 272 g/mol. The van der Waals surface area contributed by atoms with E-state index in [0.29, 0.717) is 20.5 Å². The molecule has 0 radical (unpaired) electrons. The molecule has 0 bridgehead atoms. The van der Waals surface area contributed by atoms with Gasteiger partial charge in [-0.25, -0.2) is 8.78 Å². The Morgan fingerprint density at radius 2 is 1.71 bits per heavy atom. The molecule has 2 rings (SSSR count). The number of rotatable bonds is 2. The molecule has 1 nitrogen and oxygen atoms in total. The zero-order valence-electron chi connectivity index (χ0n) is 8.58. The second kappa shape index (κ2) is 4.94. The number of halogens is 3. The minimum atomic E-state index is -0.608. The Morgan fingerprint density at radius 1 is 1.00 bits per heavy atom. The zero-order valence-corrected chi connectivity index (χ0v) is 10.2. The van der Waals surface area contributed by atoms with Crippen LogP contribution >= 0.6 is 23.4 Å². The van der Waals surface area contributed by atoms with Gasteiger partial charge in [0.15, 0.2) is 0 Å². The van der Waals surface area contributed by atoms with Crippen LogP contribution in [-0.2, 0) is 0 Å². The lowest BCUT2D eigenvalue weighted by Crippen LogP contribution is -1.86. The van der Waals surface area contributed by atoms with Crippen LogP contribution in [0.25, 0.3) is 0 Å². The van der Waals surface area contributed by atoms with Gasteiger partial charge in [0.1, 0.15) is 11.6 Å². The van der Waals surface area contributed by atoms with E-state index in [-0.39, 0.29) is 0 Å². The van der Waals surface area contributed by atoms with Crippen LogP contribution in [0.2, 0.25) is 5.02 Å². The fourth-order valence-electron chi connectivity index (χ4n) is 1.28. The van der Waals surface area contributed by atoms with E-state index >= 15 is 0 Å². The highest BCUT2D eigenvalue weighted by Gasteiger charge is 2.08. The molecule has 2 aromatic carbocycles. The van der Waals surface area contributed by atoms with E-state index in [2.05, 4.69) is 0 Å². The van der Waals surface area contributed by atoms with E-state index in [1.807, 2.05) is 0 Å². The molecule has 2 N–H and O–H groups in total. The van der Waals surface area contributed by atoms with Gasteiger partial charge in [0.25, 0.3) is 0 Å². The fraction of sp³-hybridized carbons (Fsp3) is 0. The molecule has 88 valence electrons. The average Bonchev–Trinajstić information content (AvgIpc) is 2.25. The third-order valence-corrected chi connectivity index (χ3v) is 3.62. The summed E-state index contributed by atoms with van der Waals surface area (Å²) in [5.74, 6) is -1.21. The van der Waals surface area contributed by atoms with Gasteiger partial charge in [-0.1, -0.05) is 23.4 Å². The molecule has 0 saturated carbocycles. The van der Waals surface area contributed by atoms with Gasteiger partial charge in [0.2, 0.25) is 0 Å². The van der Waals surface area contributed by atoms with Crippen molar-refractivity contribution in [2.24, 2.45) is 0 Å². The maximum Gasteiger partial charge on any atom is 0.140 e. The molecular formula is C12H8ClF2NS. The molecule has 5 heteroatoms. The van der Waals surface area contributed by atoms with E-state index in [1.165, 1.54) is 12.1 Å². The van der Waals surface area contributed by atoms with Crippen molar-refractivity contribution in [2.75, 3.05) is 5.73 Å². The van der Waals surface area contributed by atoms with E-state index in [4.69, 9.17) is 17.3 Å². The van der Waals surface area contributed by atoms with Crippen LogP contribution in [0.1, 0.15) is 0 Å². The molecule has 0 aliphatic heterocycles. The number of nitrogen functional groups attached to an aromatic ring is 1. The van der Waals surface area contributed by atoms with Crippen molar-refractivity contribution in [1.82, 2.24) is 0 Å². The number of hydrogen-bond acceptors (Lipinski definition) is 2. The molecule has 0 aliphatic carbocycles. The maximum atomic E-state index is 13.4. The monoisotopic (exact) mass is 271 g/mol. The molecule has 0 spiro atoms. The van der Waals surface area contributed by atoms with Gasteiger partial charge >= 0.3 is 0 Å². The molecule has 0 atom stereocenters. The first-order valence-electron chi connectivity index (χ1n) is 4.74. The lowest BCUT2D eigenvalue weighted by Gasteiger charge is -2.06. The largest absolute Gasteiger partial charge is 0.399 e. The second-order valence-corrected chi connectivity index (χ2v) is 4.86. The number of benzene rings is 2. The SMILES string of the molecule is Nc1ccc(Sc2ccc(F)cc2F)c(Cl)c1. The van der Waals surface area contributed by atoms with Crippen LogP contribution in [0, 0.1) is 11.6 Å². The molecule has 17 heavy (non-hydrogen) atoms. The van der Waals surface area contributed by atoms with Crippen molar-refractivity contribution in [2.45, 2.75) is 9.79 Å². The lowest BCUT2D eigenvalue weighted by molar-refractivity contribution is 0.565. The molecule has 0 unspecified atom stereocenters. The number of nitrogens with two attached hydrogens (primary N) is 1. The van der Waals surface area contributed by atoms with E-state index in [9.17, 15) is 8.78 Å². The van der Waals surface area contributed by atoms with Crippen molar-refractivity contribution in [3.8, 4) is 0 Å². The minimum absolute atomic E-state index is 0.318. The van der Waals surface area contributed by atoms with Crippen molar-refractivity contribution in [1.29, 1.82) is 0 Å². The molecule has 0 fully saturated rings. The quantitative estimate of drug-likeness (QED) is 0.822. The van der Waals surface area contributed by atoms with Crippen molar-refractivity contribution < 1.29 is 8.78 Å². The van der Waals surface area contributed by atoms with Crippen LogP contribution in [-0.4, -0.2) is 0 Å². The summed E-state index contributed by atoms with van der Waals surface area (Å²) in [7, 11) is 0. The van der Waals surface area contributed by atoms with E-state index in [1.54, 1.807) is 18.2 Å². The van der Waals surface area contributed by atoms with Gasteiger partial charge in [-0.15, -0.1) is 0 Å². The summed E-state index contributed by atoms with van der Waals surface area (Å²) in [6.07, 6.45) is 0. The Balaban J connectivity index is 2.31. The number of hydrogen-bond donors (Lipinski definition) is 1. The molecule has 0 aromatic heterocycles. The van der Waals surface area contributed by atoms with Crippen molar-refractivity contribution in [3.05, 3.63) is 53.1 Å². The summed E-state index contributed by atoms with van der Waals surface area (Å²) in [5.41, 5.74) is 6.09. The first-order chi connectivity index (χ1) is 8.06. The second-order valence-electron chi connectivity index (χ2n) is 3.37. The predicted molar refractivity (Wildman–Crippen MR) is 66.3 cm³/mol.